The third kappa shape index (κ3) is 11.0. The Kier molecular flexibility index (Phi) is 14.8. The van der Waals surface area contributed by atoms with Gasteiger partial charge in [-0.1, -0.05) is 133 Å². The molecule has 1 saturated heterocycles. The molecule has 0 aromatic heterocycles. The third-order valence-corrected chi connectivity index (χ3v) is 11.7. The molecule has 0 bridgehead atoms. The molecule has 11 nitrogen and oxygen atoms in total. The molecule has 6 rings (SSSR count). The van der Waals surface area contributed by atoms with Crippen LogP contribution in [0.5, 0.6) is 0 Å². The van der Waals surface area contributed by atoms with E-state index in [0.29, 0.717) is 13.0 Å². The minimum Gasteiger partial charge on any atom is -0.368 e. The minimum atomic E-state index is -1.06. The molecule has 312 valence electrons. The predicted octanol–water partition coefficient (Wildman–Crippen LogP) is 4.56. The van der Waals surface area contributed by atoms with Gasteiger partial charge in [0.25, 0.3) is 0 Å². The Morgan fingerprint density at radius 3 is 1.55 bits per heavy atom. The van der Waals surface area contributed by atoms with Gasteiger partial charge in [0.2, 0.25) is 29.5 Å². The van der Waals surface area contributed by atoms with E-state index < -0.39 is 47.8 Å². The van der Waals surface area contributed by atoms with Gasteiger partial charge >= 0.3 is 0 Å². The summed E-state index contributed by atoms with van der Waals surface area (Å²) < 4.78 is 0. The summed E-state index contributed by atoms with van der Waals surface area (Å²) in [5.41, 5.74) is 9.23. The first-order valence-corrected chi connectivity index (χ1v) is 20.7. The van der Waals surface area contributed by atoms with Gasteiger partial charge in [-0.3, -0.25) is 24.0 Å². The quantitative estimate of drug-likeness (QED) is 0.126. The first kappa shape index (κ1) is 43.3. The second-order valence-corrected chi connectivity index (χ2v) is 15.9. The Morgan fingerprint density at radius 1 is 0.583 bits per heavy atom. The highest BCUT2D eigenvalue weighted by atomic mass is 16.2. The van der Waals surface area contributed by atoms with Gasteiger partial charge in [0.15, 0.2) is 0 Å². The molecule has 0 saturated carbocycles. The standard InChI is InChI=1S/C49H56N6O5/c1-53(42(45(50)56)30-34-16-7-4-8-17-34)48(59)44(32-36-20-11-6-12-21-36)55(3)49(60)43(31-35-18-9-5-10-19-35)54(2)47(58)41(52-46(57)40-24-15-27-51-33-40)29-37-25-26-38-22-13-14-23-39(38)28-37/h4-14,16-23,25-26,28,40-44,51H,15,24,27,29-33H2,1-3H3,(H2,50,56)(H,52,57)/t40?,41-,42-,43-,44-/m0/s1. The van der Waals surface area contributed by atoms with Crippen molar-refractivity contribution in [3.63, 3.8) is 0 Å². The molecule has 1 aliphatic rings. The van der Waals surface area contributed by atoms with Crippen LogP contribution in [0.15, 0.2) is 133 Å². The fourth-order valence-electron chi connectivity index (χ4n) is 8.06. The number of carbonyl (C=O) groups is 5. The summed E-state index contributed by atoms with van der Waals surface area (Å²) in [5, 5.41) is 8.44. The zero-order chi connectivity index (χ0) is 42.6. The Balaban J connectivity index is 1.33. The SMILES string of the molecule is CN(C(=O)[C@H](Cc1ccc2ccccc2c1)NC(=O)C1CCCNC1)[C@@H](Cc1ccccc1)C(=O)N(C)[C@@H](Cc1ccccc1)C(=O)N(C)[C@@H](Cc1ccccc1)C(N)=O. The molecule has 0 aliphatic carbocycles. The van der Waals surface area contributed by atoms with E-state index in [-0.39, 0.29) is 37.5 Å². The molecule has 4 N–H and O–H groups in total. The number of likely N-dealkylation sites (N-methyl/N-ethyl adjacent to an activating group) is 3. The molecular formula is C49H56N6O5. The van der Waals surface area contributed by atoms with Crippen molar-refractivity contribution in [1.82, 2.24) is 25.3 Å². The lowest BCUT2D eigenvalue weighted by Crippen LogP contribution is -2.60. The molecule has 5 aromatic rings. The highest BCUT2D eigenvalue weighted by molar-refractivity contribution is 5.96. The number of fused-ring (bicyclic) bond motifs is 1. The molecule has 0 radical (unpaired) electrons. The predicted molar refractivity (Wildman–Crippen MR) is 234 cm³/mol. The van der Waals surface area contributed by atoms with Gasteiger partial charge in [0.1, 0.15) is 24.2 Å². The van der Waals surface area contributed by atoms with Crippen LogP contribution < -0.4 is 16.4 Å². The van der Waals surface area contributed by atoms with Crippen molar-refractivity contribution < 1.29 is 24.0 Å². The summed E-state index contributed by atoms with van der Waals surface area (Å²) in [6.45, 7) is 1.36. The number of nitrogens with two attached hydrogens (primary N) is 1. The molecule has 11 heteroatoms. The van der Waals surface area contributed by atoms with Crippen molar-refractivity contribution in [2.24, 2.45) is 11.7 Å². The molecule has 5 atom stereocenters. The van der Waals surface area contributed by atoms with E-state index in [4.69, 9.17) is 5.73 Å². The zero-order valence-electron chi connectivity index (χ0n) is 34.7. The van der Waals surface area contributed by atoms with Crippen LogP contribution in [0.3, 0.4) is 0 Å². The van der Waals surface area contributed by atoms with Gasteiger partial charge in [-0.05, 0) is 52.4 Å². The van der Waals surface area contributed by atoms with E-state index in [1.807, 2.05) is 133 Å². The first-order valence-electron chi connectivity index (χ1n) is 20.7. The van der Waals surface area contributed by atoms with Crippen LogP contribution in [0.1, 0.15) is 35.1 Å². The van der Waals surface area contributed by atoms with Crippen LogP contribution in [-0.4, -0.2) is 103 Å². The zero-order valence-corrected chi connectivity index (χ0v) is 34.7. The highest BCUT2D eigenvalue weighted by Gasteiger charge is 2.40. The monoisotopic (exact) mass is 808 g/mol. The van der Waals surface area contributed by atoms with E-state index in [2.05, 4.69) is 10.6 Å². The van der Waals surface area contributed by atoms with Crippen LogP contribution in [0.25, 0.3) is 10.8 Å². The maximum absolute atomic E-state index is 15.1. The molecule has 60 heavy (non-hydrogen) atoms. The molecular weight excluding hydrogens is 753 g/mol. The second-order valence-electron chi connectivity index (χ2n) is 15.9. The van der Waals surface area contributed by atoms with Crippen molar-refractivity contribution in [3.05, 3.63) is 156 Å². The van der Waals surface area contributed by atoms with E-state index in [1.165, 1.54) is 21.7 Å². The number of amides is 5. The second kappa shape index (κ2) is 20.6. The summed E-state index contributed by atoms with van der Waals surface area (Å²) in [6, 6.07) is 38.0. The third-order valence-electron chi connectivity index (χ3n) is 11.7. The number of nitrogens with zero attached hydrogens (tertiary/aromatic N) is 3. The number of primary amides is 1. The average molecular weight is 809 g/mol. The van der Waals surface area contributed by atoms with Crippen LogP contribution >= 0.6 is 0 Å². The van der Waals surface area contributed by atoms with E-state index >= 15 is 4.79 Å². The maximum Gasteiger partial charge on any atom is 0.246 e. The lowest BCUT2D eigenvalue weighted by molar-refractivity contribution is -0.152. The van der Waals surface area contributed by atoms with E-state index in [0.717, 1.165) is 46.0 Å². The molecule has 0 spiro atoms. The number of carbonyl (C=O) groups excluding carboxylic acids is 5. The van der Waals surface area contributed by atoms with Crippen molar-refractivity contribution in [2.75, 3.05) is 34.2 Å². The van der Waals surface area contributed by atoms with Gasteiger partial charge in [0, 0.05) is 53.4 Å². The van der Waals surface area contributed by atoms with Gasteiger partial charge in [-0.2, -0.15) is 0 Å². The summed E-state index contributed by atoms with van der Waals surface area (Å²) in [4.78, 5) is 75.6. The fraction of sp³-hybridized carbons (Fsp3) is 0.327. The van der Waals surface area contributed by atoms with Crippen molar-refractivity contribution in [1.29, 1.82) is 0 Å². The molecule has 5 amide bonds. The number of piperidine rings is 1. The Hall–Kier alpha value is -6.33. The fourth-order valence-corrected chi connectivity index (χ4v) is 8.06. The molecule has 1 fully saturated rings. The number of rotatable bonds is 17. The number of nitrogens with one attached hydrogen (secondary N) is 2. The van der Waals surface area contributed by atoms with E-state index in [1.54, 1.807) is 14.1 Å². The highest BCUT2D eigenvalue weighted by Crippen LogP contribution is 2.22. The van der Waals surface area contributed by atoms with E-state index in [9.17, 15) is 19.2 Å². The summed E-state index contributed by atoms with van der Waals surface area (Å²) in [7, 11) is 4.70. The average Bonchev–Trinajstić information content (AvgIpc) is 3.28. The van der Waals surface area contributed by atoms with Crippen LogP contribution in [0.4, 0.5) is 0 Å². The van der Waals surface area contributed by atoms with Crippen molar-refractivity contribution in [2.45, 2.75) is 62.7 Å². The minimum absolute atomic E-state index is 0.148. The lowest BCUT2D eigenvalue weighted by atomic mass is 9.96. The van der Waals surface area contributed by atoms with Gasteiger partial charge in [-0.25, -0.2) is 0 Å². The summed E-state index contributed by atoms with van der Waals surface area (Å²) in [6.07, 6.45) is 2.26. The molecule has 1 unspecified atom stereocenters. The van der Waals surface area contributed by atoms with Gasteiger partial charge in [0.05, 0.1) is 5.92 Å². The molecule has 5 aromatic carbocycles. The first-order chi connectivity index (χ1) is 29.0. The van der Waals surface area contributed by atoms with Crippen molar-refractivity contribution >= 4 is 40.3 Å². The summed E-state index contributed by atoms with van der Waals surface area (Å²) in [5.74, 6) is -2.54. The lowest BCUT2D eigenvalue weighted by Gasteiger charge is -2.38. The largest absolute Gasteiger partial charge is 0.368 e. The maximum atomic E-state index is 15.1. The van der Waals surface area contributed by atoms with Crippen LogP contribution in [-0.2, 0) is 49.7 Å². The summed E-state index contributed by atoms with van der Waals surface area (Å²) >= 11 is 0. The van der Waals surface area contributed by atoms with Gasteiger partial charge in [-0.15, -0.1) is 0 Å². The van der Waals surface area contributed by atoms with Crippen LogP contribution in [0, 0.1) is 5.92 Å². The molecule has 1 heterocycles. The number of hydrogen-bond donors (Lipinski definition) is 3. The smallest absolute Gasteiger partial charge is 0.246 e. The Morgan fingerprint density at radius 2 is 1.05 bits per heavy atom. The Bertz CT molecular complexity index is 2230. The number of hydrogen-bond acceptors (Lipinski definition) is 6. The molecule has 1 aliphatic heterocycles. The Labute approximate surface area is 352 Å². The van der Waals surface area contributed by atoms with Crippen molar-refractivity contribution in [3.8, 4) is 0 Å². The normalized spacial score (nSPS) is 15.8. The topological polar surface area (TPSA) is 145 Å². The number of benzene rings is 5. The van der Waals surface area contributed by atoms with Gasteiger partial charge < -0.3 is 31.1 Å². The van der Waals surface area contributed by atoms with Crippen LogP contribution in [0.2, 0.25) is 0 Å².